The van der Waals surface area contributed by atoms with Gasteiger partial charge in [0.1, 0.15) is 0 Å². The first-order chi connectivity index (χ1) is 12.7. The molecule has 3 rings (SSSR count). The van der Waals surface area contributed by atoms with Gasteiger partial charge in [0.2, 0.25) is 5.91 Å². The zero-order chi connectivity index (χ0) is 18.4. The van der Waals surface area contributed by atoms with Crippen molar-refractivity contribution < 1.29 is 4.79 Å². The van der Waals surface area contributed by atoms with E-state index in [4.69, 9.17) is 5.26 Å². The Hall–Kier alpha value is -2.64. The van der Waals surface area contributed by atoms with Crippen molar-refractivity contribution in [1.82, 2.24) is 9.80 Å². The van der Waals surface area contributed by atoms with E-state index in [2.05, 4.69) is 30.0 Å². The highest BCUT2D eigenvalue weighted by Crippen LogP contribution is 2.19. The van der Waals surface area contributed by atoms with Gasteiger partial charge in [-0.1, -0.05) is 49.4 Å². The lowest BCUT2D eigenvalue weighted by Gasteiger charge is -2.31. The van der Waals surface area contributed by atoms with E-state index in [1.807, 2.05) is 47.4 Å². The van der Waals surface area contributed by atoms with Gasteiger partial charge in [-0.3, -0.25) is 9.69 Å². The van der Waals surface area contributed by atoms with Crippen LogP contribution in [0.1, 0.15) is 36.5 Å². The van der Waals surface area contributed by atoms with E-state index in [0.29, 0.717) is 18.5 Å². The summed E-state index contributed by atoms with van der Waals surface area (Å²) in [6.45, 7) is 5.31. The molecule has 0 N–H and O–H groups in total. The van der Waals surface area contributed by atoms with Crippen molar-refractivity contribution in [2.45, 2.75) is 38.9 Å². The van der Waals surface area contributed by atoms with Crippen molar-refractivity contribution in [1.29, 1.82) is 5.26 Å². The molecule has 1 aliphatic heterocycles. The highest BCUT2D eigenvalue weighted by atomic mass is 16.2. The maximum absolute atomic E-state index is 12.7. The fourth-order valence-corrected chi connectivity index (χ4v) is 3.52. The topological polar surface area (TPSA) is 47.3 Å². The van der Waals surface area contributed by atoms with Crippen LogP contribution in [0.15, 0.2) is 54.6 Å². The molecule has 1 aliphatic rings. The third-order valence-electron chi connectivity index (χ3n) is 5.03. The van der Waals surface area contributed by atoms with Crippen LogP contribution in [-0.4, -0.2) is 34.8 Å². The lowest BCUT2D eigenvalue weighted by Crippen LogP contribution is -2.42. The molecule has 2 aromatic rings. The van der Waals surface area contributed by atoms with Gasteiger partial charge in [0.25, 0.3) is 0 Å². The Bertz CT molecular complexity index is 764. The molecule has 0 aromatic heterocycles. The molecule has 0 radical (unpaired) electrons. The lowest BCUT2D eigenvalue weighted by atomic mass is 10.1. The molecule has 1 amide bonds. The average molecular weight is 347 g/mol. The SMILES string of the molecule is CC[C@@H]1CN(Cc2ccc(C#N)cc2)CCC(=O)N1Cc1ccccc1. The number of nitrogens with zero attached hydrogens (tertiary/aromatic N) is 3. The van der Waals surface area contributed by atoms with Gasteiger partial charge in [0.15, 0.2) is 0 Å². The standard InChI is InChI=1S/C22H25N3O/c1-2-21-17-24(15-20-10-8-18(14-23)9-11-20)13-12-22(26)25(21)16-19-6-4-3-5-7-19/h3-11,21H,2,12-13,15-17H2,1H3/t21-/m1/s1. The Labute approximate surface area is 155 Å². The van der Waals surface area contributed by atoms with E-state index in [1.54, 1.807) is 0 Å². The Morgan fingerprint density at radius 3 is 2.38 bits per heavy atom. The molecule has 4 nitrogen and oxygen atoms in total. The van der Waals surface area contributed by atoms with Gasteiger partial charge in [0, 0.05) is 38.6 Å². The molecule has 0 spiro atoms. The molecule has 1 saturated heterocycles. The maximum Gasteiger partial charge on any atom is 0.224 e. The summed E-state index contributed by atoms with van der Waals surface area (Å²) >= 11 is 0. The fraction of sp³-hybridized carbons (Fsp3) is 0.364. The first-order valence-electron chi connectivity index (χ1n) is 9.24. The largest absolute Gasteiger partial charge is 0.334 e. The van der Waals surface area contributed by atoms with Crippen molar-refractivity contribution in [2.24, 2.45) is 0 Å². The Morgan fingerprint density at radius 2 is 1.73 bits per heavy atom. The number of carbonyl (C=O) groups excluding carboxylic acids is 1. The zero-order valence-electron chi connectivity index (χ0n) is 15.3. The second-order valence-electron chi connectivity index (χ2n) is 6.86. The van der Waals surface area contributed by atoms with Gasteiger partial charge in [-0.05, 0) is 29.7 Å². The molecule has 0 unspecified atom stereocenters. The van der Waals surface area contributed by atoms with Gasteiger partial charge in [0.05, 0.1) is 11.6 Å². The molecule has 0 saturated carbocycles. The summed E-state index contributed by atoms with van der Waals surface area (Å²) in [6.07, 6.45) is 1.50. The van der Waals surface area contributed by atoms with E-state index >= 15 is 0 Å². The number of carbonyl (C=O) groups is 1. The molecule has 134 valence electrons. The van der Waals surface area contributed by atoms with Crippen molar-refractivity contribution in [3.63, 3.8) is 0 Å². The minimum absolute atomic E-state index is 0.226. The lowest BCUT2D eigenvalue weighted by molar-refractivity contribution is -0.133. The van der Waals surface area contributed by atoms with Crippen LogP contribution in [0.5, 0.6) is 0 Å². The van der Waals surface area contributed by atoms with Crippen LogP contribution in [0, 0.1) is 11.3 Å². The number of amides is 1. The third kappa shape index (κ3) is 4.50. The molecule has 1 heterocycles. The molecule has 0 aliphatic carbocycles. The molecule has 1 atom stereocenters. The average Bonchev–Trinajstić information content (AvgIpc) is 2.83. The van der Waals surface area contributed by atoms with Crippen LogP contribution in [0.25, 0.3) is 0 Å². The summed E-state index contributed by atoms with van der Waals surface area (Å²) in [5.41, 5.74) is 3.04. The molecule has 26 heavy (non-hydrogen) atoms. The third-order valence-corrected chi connectivity index (χ3v) is 5.03. The monoisotopic (exact) mass is 347 g/mol. The second kappa shape index (κ2) is 8.64. The smallest absolute Gasteiger partial charge is 0.224 e. The number of benzene rings is 2. The fourth-order valence-electron chi connectivity index (χ4n) is 3.52. The number of rotatable bonds is 5. The van der Waals surface area contributed by atoms with Gasteiger partial charge in [-0.15, -0.1) is 0 Å². The first-order valence-corrected chi connectivity index (χ1v) is 9.24. The van der Waals surface area contributed by atoms with E-state index < -0.39 is 0 Å². The van der Waals surface area contributed by atoms with Gasteiger partial charge >= 0.3 is 0 Å². The number of hydrogen-bond donors (Lipinski definition) is 0. The van der Waals surface area contributed by atoms with E-state index in [0.717, 1.165) is 26.1 Å². The normalized spacial score (nSPS) is 18.4. The molecular formula is C22H25N3O. The Morgan fingerprint density at radius 1 is 1.04 bits per heavy atom. The predicted molar refractivity (Wildman–Crippen MR) is 102 cm³/mol. The zero-order valence-corrected chi connectivity index (χ0v) is 15.3. The maximum atomic E-state index is 12.7. The summed E-state index contributed by atoms with van der Waals surface area (Å²) in [4.78, 5) is 17.1. The highest BCUT2D eigenvalue weighted by Gasteiger charge is 2.28. The van der Waals surface area contributed by atoms with Crippen molar-refractivity contribution in [3.8, 4) is 6.07 Å². The minimum atomic E-state index is 0.226. The van der Waals surface area contributed by atoms with Crippen LogP contribution >= 0.6 is 0 Å². The summed E-state index contributed by atoms with van der Waals surface area (Å²) in [6, 6.07) is 20.3. The summed E-state index contributed by atoms with van der Waals surface area (Å²) < 4.78 is 0. The number of nitriles is 1. The summed E-state index contributed by atoms with van der Waals surface area (Å²) in [5, 5.41) is 8.93. The van der Waals surface area contributed by atoms with Crippen LogP contribution in [-0.2, 0) is 17.9 Å². The molecular weight excluding hydrogens is 322 g/mol. The van der Waals surface area contributed by atoms with E-state index in [-0.39, 0.29) is 11.9 Å². The Kier molecular flexibility index (Phi) is 6.04. The van der Waals surface area contributed by atoms with Crippen LogP contribution in [0.2, 0.25) is 0 Å². The first kappa shape index (κ1) is 18.2. The second-order valence-corrected chi connectivity index (χ2v) is 6.86. The molecule has 4 heteroatoms. The summed E-state index contributed by atoms with van der Waals surface area (Å²) in [7, 11) is 0. The Balaban J connectivity index is 1.70. The van der Waals surface area contributed by atoms with Crippen molar-refractivity contribution >= 4 is 5.91 Å². The van der Waals surface area contributed by atoms with Crippen LogP contribution in [0.4, 0.5) is 0 Å². The quantitative estimate of drug-likeness (QED) is 0.831. The van der Waals surface area contributed by atoms with Gasteiger partial charge < -0.3 is 4.90 Å². The van der Waals surface area contributed by atoms with Gasteiger partial charge in [-0.2, -0.15) is 5.26 Å². The molecule has 1 fully saturated rings. The van der Waals surface area contributed by atoms with E-state index in [9.17, 15) is 4.79 Å². The summed E-state index contributed by atoms with van der Waals surface area (Å²) in [5.74, 6) is 0.239. The van der Waals surface area contributed by atoms with Crippen LogP contribution in [0.3, 0.4) is 0 Å². The van der Waals surface area contributed by atoms with Crippen molar-refractivity contribution in [2.75, 3.05) is 13.1 Å². The van der Waals surface area contributed by atoms with Crippen molar-refractivity contribution in [3.05, 3.63) is 71.3 Å². The van der Waals surface area contributed by atoms with Gasteiger partial charge in [-0.25, -0.2) is 0 Å². The number of hydrogen-bond acceptors (Lipinski definition) is 3. The molecule has 2 aromatic carbocycles. The minimum Gasteiger partial charge on any atom is -0.334 e. The predicted octanol–water partition coefficient (Wildman–Crippen LogP) is 3.57. The van der Waals surface area contributed by atoms with Crippen LogP contribution < -0.4 is 0 Å². The van der Waals surface area contributed by atoms with E-state index in [1.165, 1.54) is 11.1 Å². The molecule has 0 bridgehead atoms. The highest BCUT2D eigenvalue weighted by molar-refractivity contribution is 5.77.